The molecular weight excluding hydrogens is 220 g/mol. The highest BCUT2D eigenvalue weighted by atomic mass is 79.9. The van der Waals surface area contributed by atoms with Crippen LogP contribution in [0.3, 0.4) is 0 Å². The molecule has 2 aliphatic rings. The van der Waals surface area contributed by atoms with Crippen LogP contribution in [0.1, 0.15) is 0 Å². The van der Waals surface area contributed by atoms with Crippen LogP contribution in [0.5, 0.6) is 0 Å². The van der Waals surface area contributed by atoms with Crippen molar-refractivity contribution >= 4 is 33.8 Å². The average Bonchev–Trinajstić information content (AvgIpc) is 2.07. The predicted octanol–water partition coefficient (Wildman–Crippen LogP) is 1.26. The number of amides is 1. The third-order valence-corrected chi connectivity index (χ3v) is 2.31. The van der Waals surface area contributed by atoms with Gasteiger partial charge in [-0.15, -0.1) is 0 Å². The fourth-order valence-corrected chi connectivity index (χ4v) is 1.57. The van der Waals surface area contributed by atoms with Gasteiger partial charge in [0.05, 0.1) is 11.9 Å². The van der Waals surface area contributed by atoms with Crippen LogP contribution in [0.2, 0.25) is 0 Å². The Bertz CT molecular complexity index is 350. The van der Waals surface area contributed by atoms with Crippen LogP contribution in [-0.4, -0.2) is 23.9 Å². The van der Waals surface area contributed by atoms with Crippen molar-refractivity contribution in [3.8, 4) is 0 Å². The van der Waals surface area contributed by atoms with E-state index in [2.05, 4.69) is 25.9 Å². The lowest BCUT2D eigenvalue weighted by atomic mass is 10.1. The molecule has 1 unspecified atom stereocenters. The molecule has 0 fully saturated rings. The summed E-state index contributed by atoms with van der Waals surface area (Å²) in [7, 11) is 0. The van der Waals surface area contributed by atoms with Gasteiger partial charge in [-0.25, -0.2) is 4.99 Å². The Morgan fingerprint density at radius 1 is 1.50 bits per heavy atom. The number of halogens is 1. The van der Waals surface area contributed by atoms with E-state index in [1.807, 2.05) is 18.2 Å². The van der Waals surface area contributed by atoms with Crippen LogP contribution < -0.4 is 0 Å². The third kappa shape index (κ3) is 1.18. The summed E-state index contributed by atoms with van der Waals surface area (Å²) >= 11 is 3.31. The van der Waals surface area contributed by atoms with E-state index in [1.165, 1.54) is 6.21 Å². The number of fused-ring (bicyclic) bond motifs is 1. The Labute approximate surface area is 77.7 Å². The van der Waals surface area contributed by atoms with Crippen LogP contribution in [0.4, 0.5) is 0 Å². The zero-order chi connectivity index (χ0) is 8.55. The van der Waals surface area contributed by atoms with Crippen molar-refractivity contribution < 1.29 is 4.79 Å². The van der Waals surface area contributed by atoms with Crippen molar-refractivity contribution in [1.82, 2.24) is 0 Å². The van der Waals surface area contributed by atoms with Gasteiger partial charge in [-0.05, 0) is 22.0 Å². The molecule has 4 heteroatoms. The number of allylic oxidation sites excluding steroid dienone is 2. The molecule has 0 spiro atoms. The first kappa shape index (κ1) is 7.61. The lowest BCUT2D eigenvalue weighted by molar-refractivity contribution is -0.111. The summed E-state index contributed by atoms with van der Waals surface area (Å²) in [4.78, 5) is 18.7. The van der Waals surface area contributed by atoms with Crippen molar-refractivity contribution in [3.63, 3.8) is 0 Å². The first-order valence-electron chi connectivity index (χ1n) is 3.47. The second-order valence-electron chi connectivity index (χ2n) is 2.46. The number of aliphatic imine (C=N–C) groups is 2. The molecule has 0 aromatic rings. The number of hydrogen-bond acceptors (Lipinski definition) is 2. The van der Waals surface area contributed by atoms with Crippen molar-refractivity contribution in [2.24, 2.45) is 9.98 Å². The van der Waals surface area contributed by atoms with Crippen molar-refractivity contribution in [2.45, 2.75) is 6.04 Å². The van der Waals surface area contributed by atoms with E-state index in [9.17, 15) is 4.79 Å². The normalized spacial score (nSPS) is 26.4. The molecule has 1 heterocycles. The molecule has 0 N–H and O–H groups in total. The lowest BCUT2D eigenvalue weighted by Gasteiger charge is -2.16. The first-order chi connectivity index (χ1) is 5.77. The van der Waals surface area contributed by atoms with E-state index in [-0.39, 0.29) is 11.9 Å². The van der Waals surface area contributed by atoms with Crippen LogP contribution in [0, 0.1) is 0 Å². The van der Waals surface area contributed by atoms with Gasteiger partial charge < -0.3 is 0 Å². The molecular formula is C8H5BrN2O. The molecule has 60 valence electrons. The maximum absolute atomic E-state index is 10.9. The molecule has 3 nitrogen and oxygen atoms in total. The van der Waals surface area contributed by atoms with Gasteiger partial charge in [0.1, 0.15) is 6.04 Å². The molecule has 2 rings (SSSR count). The van der Waals surface area contributed by atoms with E-state index in [4.69, 9.17) is 0 Å². The fraction of sp³-hybridized carbons (Fsp3) is 0.125. The van der Waals surface area contributed by atoms with Gasteiger partial charge in [0.2, 0.25) is 0 Å². The second kappa shape index (κ2) is 2.79. The lowest BCUT2D eigenvalue weighted by Crippen LogP contribution is -2.25. The standard InChI is InChI=1S/C8H5BrN2O/c9-5-2-1-3-6-8(5)11-7(12)4-10-6/h1-4,6H. The minimum absolute atomic E-state index is 0.0814. The summed E-state index contributed by atoms with van der Waals surface area (Å²) in [6.07, 6.45) is 6.89. The van der Waals surface area contributed by atoms with Crippen LogP contribution in [0.25, 0.3) is 0 Å². The highest BCUT2D eigenvalue weighted by Crippen LogP contribution is 2.19. The molecule has 1 aliphatic heterocycles. The first-order valence-corrected chi connectivity index (χ1v) is 4.27. The molecule has 0 aromatic heterocycles. The summed E-state index contributed by atoms with van der Waals surface area (Å²) in [5.74, 6) is -0.290. The second-order valence-corrected chi connectivity index (χ2v) is 3.31. The van der Waals surface area contributed by atoms with Crippen LogP contribution in [0.15, 0.2) is 32.7 Å². The minimum Gasteiger partial charge on any atom is -0.273 e. The summed E-state index contributed by atoms with van der Waals surface area (Å²) in [5, 5.41) is 0. The quantitative estimate of drug-likeness (QED) is 0.611. The monoisotopic (exact) mass is 224 g/mol. The Hall–Kier alpha value is -1.03. The summed E-state index contributed by atoms with van der Waals surface area (Å²) in [6.45, 7) is 0. The van der Waals surface area contributed by atoms with Crippen LogP contribution >= 0.6 is 15.9 Å². The Morgan fingerprint density at radius 3 is 3.17 bits per heavy atom. The molecule has 0 radical (unpaired) electrons. The number of carbonyl (C=O) groups is 1. The van der Waals surface area contributed by atoms with E-state index < -0.39 is 0 Å². The predicted molar refractivity (Wildman–Crippen MR) is 50.9 cm³/mol. The maximum atomic E-state index is 10.9. The zero-order valence-corrected chi connectivity index (χ0v) is 7.65. The highest BCUT2D eigenvalue weighted by molar-refractivity contribution is 9.12. The van der Waals surface area contributed by atoms with E-state index in [1.54, 1.807) is 0 Å². The maximum Gasteiger partial charge on any atom is 0.288 e. The number of nitrogens with zero attached hydrogens (tertiary/aromatic N) is 2. The Balaban J connectivity index is 2.44. The molecule has 0 bridgehead atoms. The van der Waals surface area contributed by atoms with Gasteiger partial charge in [0.15, 0.2) is 0 Å². The molecule has 12 heavy (non-hydrogen) atoms. The summed E-state index contributed by atoms with van der Waals surface area (Å²) in [5.41, 5.74) is 0.699. The van der Waals surface area contributed by atoms with Crippen molar-refractivity contribution in [3.05, 3.63) is 22.7 Å². The summed E-state index contributed by atoms with van der Waals surface area (Å²) < 4.78 is 0.834. The zero-order valence-electron chi connectivity index (χ0n) is 6.07. The molecule has 1 amide bonds. The van der Waals surface area contributed by atoms with E-state index in [0.29, 0.717) is 5.71 Å². The van der Waals surface area contributed by atoms with Gasteiger partial charge in [-0.2, -0.15) is 0 Å². The number of rotatable bonds is 0. The van der Waals surface area contributed by atoms with Gasteiger partial charge >= 0.3 is 0 Å². The van der Waals surface area contributed by atoms with Crippen molar-refractivity contribution in [1.29, 1.82) is 0 Å². The van der Waals surface area contributed by atoms with Gasteiger partial charge in [-0.1, -0.05) is 12.2 Å². The average molecular weight is 225 g/mol. The largest absolute Gasteiger partial charge is 0.288 e. The molecule has 0 aromatic carbocycles. The summed E-state index contributed by atoms with van der Waals surface area (Å²) in [6, 6.07) is -0.0814. The topological polar surface area (TPSA) is 41.8 Å². The minimum atomic E-state index is -0.290. The molecule has 0 saturated carbocycles. The highest BCUT2D eigenvalue weighted by Gasteiger charge is 2.21. The Morgan fingerprint density at radius 2 is 2.33 bits per heavy atom. The van der Waals surface area contributed by atoms with Crippen molar-refractivity contribution in [2.75, 3.05) is 0 Å². The molecule has 1 aliphatic carbocycles. The van der Waals surface area contributed by atoms with E-state index in [0.717, 1.165) is 4.48 Å². The number of hydrogen-bond donors (Lipinski definition) is 0. The van der Waals surface area contributed by atoms with Crippen LogP contribution in [-0.2, 0) is 4.79 Å². The third-order valence-electron chi connectivity index (χ3n) is 1.64. The fourth-order valence-electron chi connectivity index (χ4n) is 1.09. The van der Waals surface area contributed by atoms with Gasteiger partial charge in [0.25, 0.3) is 5.91 Å². The Kier molecular flexibility index (Phi) is 1.77. The number of carbonyl (C=O) groups excluding carboxylic acids is 1. The molecule has 1 atom stereocenters. The molecule has 0 saturated heterocycles. The smallest absolute Gasteiger partial charge is 0.273 e. The van der Waals surface area contributed by atoms with Gasteiger partial charge in [0, 0.05) is 4.48 Å². The van der Waals surface area contributed by atoms with Gasteiger partial charge in [-0.3, -0.25) is 9.79 Å². The van der Waals surface area contributed by atoms with E-state index >= 15 is 0 Å². The SMILES string of the molecule is O=C1C=NC2C=CC=C(Br)C2=N1.